The van der Waals surface area contributed by atoms with Gasteiger partial charge < -0.3 is 19.1 Å². The van der Waals surface area contributed by atoms with E-state index in [4.69, 9.17) is 14.2 Å². The molecule has 0 N–H and O–H groups in total. The average molecular weight is 445 g/mol. The number of piperidine rings is 1. The lowest BCUT2D eigenvalue weighted by atomic mass is 10.1. The molecule has 8 heteroatoms. The normalized spacial score (nSPS) is 14.6. The van der Waals surface area contributed by atoms with Crippen LogP contribution in [0.4, 0.5) is 4.39 Å². The fraction of sp³-hybridized carbons (Fsp3) is 0.391. The minimum absolute atomic E-state index is 0.0197. The van der Waals surface area contributed by atoms with Crippen LogP contribution in [-0.4, -0.2) is 48.2 Å². The molecule has 2 aromatic carbocycles. The molecule has 0 aliphatic carbocycles. The number of hydrogen-bond donors (Lipinski definition) is 0. The van der Waals surface area contributed by atoms with Crippen molar-refractivity contribution >= 4 is 27.5 Å². The van der Waals surface area contributed by atoms with Gasteiger partial charge in [0.2, 0.25) is 0 Å². The van der Waals surface area contributed by atoms with E-state index < -0.39 is 0 Å². The zero-order valence-electron chi connectivity index (χ0n) is 17.6. The number of hydrogen-bond acceptors (Lipinski definition) is 6. The van der Waals surface area contributed by atoms with Gasteiger partial charge in [-0.05, 0) is 50.2 Å². The molecule has 0 saturated carbocycles. The molecular formula is C23H25FN2O4S. The Kier molecular flexibility index (Phi) is 6.56. The molecule has 164 valence electrons. The number of likely N-dealkylation sites (tertiary alicyclic amines) is 1. The molecule has 0 atom stereocenters. The minimum Gasteiger partial charge on any atom is -0.490 e. The van der Waals surface area contributed by atoms with E-state index in [0.29, 0.717) is 61.4 Å². The third-order valence-electron chi connectivity index (χ3n) is 5.12. The van der Waals surface area contributed by atoms with E-state index in [-0.39, 0.29) is 17.8 Å². The third-order valence-corrected chi connectivity index (χ3v) is 6.03. The van der Waals surface area contributed by atoms with Gasteiger partial charge in [0.1, 0.15) is 11.9 Å². The van der Waals surface area contributed by atoms with Gasteiger partial charge in [0.15, 0.2) is 11.5 Å². The summed E-state index contributed by atoms with van der Waals surface area (Å²) < 4.78 is 31.4. The quantitative estimate of drug-likeness (QED) is 0.518. The van der Waals surface area contributed by atoms with E-state index in [9.17, 15) is 9.18 Å². The Hall–Kier alpha value is -2.87. The number of carbonyl (C=O) groups is 1. The SMILES string of the molecule is CCOc1ccc(C(=O)N2CCC(Oc3nc4ccc(F)cc4s3)CC2)cc1OCC. The smallest absolute Gasteiger partial charge is 0.274 e. The van der Waals surface area contributed by atoms with Gasteiger partial charge in [0.25, 0.3) is 11.1 Å². The maximum absolute atomic E-state index is 13.4. The Morgan fingerprint density at radius 1 is 1.10 bits per heavy atom. The van der Waals surface area contributed by atoms with Gasteiger partial charge in [-0.1, -0.05) is 11.3 Å². The molecule has 4 rings (SSSR count). The lowest BCUT2D eigenvalue weighted by molar-refractivity contribution is 0.0595. The van der Waals surface area contributed by atoms with Gasteiger partial charge in [0, 0.05) is 31.5 Å². The van der Waals surface area contributed by atoms with Crippen LogP contribution in [0.2, 0.25) is 0 Å². The largest absolute Gasteiger partial charge is 0.490 e. The summed E-state index contributed by atoms with van der Waals surface area (Å²) in [5.74, 6) is 0.915. The molecule has 0 bridgehead atoms. The highest BCUT2D eigenvalue weighted by atomic mass is 32.1. The molecule has 1 aliphatic heterocycles. The first-order valence-corrected chi connectivity index (χ1v) is 11.3. The van der Waals surface area contributed by atoms with Crippen LogP contribution in [-0.2, 0) is 0 Å². The Labute approximate surface area is 184 Å². The van der Waals surface area contributed by atoms with Crippen LogP contribution in [0.15, 0.2) is 36.4 Å². The summed E-state index contributed by atoms with van der Waals surface area (Å²) in [6, 6.07) is 9.83. The maximum Gasteiger partial charge on any atom is 0.274 e. The van der Waals surface area contributed by atoms with E-state index in [2.05, 4.69) is 4.98 Å². The fourth-order valence-electron chi connectivity index (χ4n) is 3.61. The number of benzene rings is 2. The summed E-state index contributed by atoms with van der Waals surface area (Å²) in [6.45, 7) is 6.04. The number of aromatic nitrogens is 1. The van der Waals surface area contributed by atoms with Crippen molar-refractivity contribution in [1.29, 1.82) is 0 Å². The predicted octanol–water partition coefficient (Wildman–Crippen LogP) is 4.92. The average Bonchev–Trinajstić information content (AvgIpc) is 3.16. The molecule has 1 aromatic heterocycles. The van der Waals surface area contributed by atoms with Crippen LogP contribution in [0.1, 0.15) is 37.0 Å². The molecular weight excluding hydrogens is 419 g/mol. The molecule has 0 spiro atoms. The summed E-state index contributed by atoms with van der Waals surface area (Å²) in [7, 11) is 0. The molecule has 6 nitrogen and oxygen atoms in total. The monoisotopic (exact) mass is 444 g/mol. The van der Waals surface area contributed by atoms with Gasteiger partial charge >= 0.3 is 0 Å². The number of fused-ring (bicyclic) bond motifs is 1. The number of amides is 1. The van der Waals surface area contributed by atoms with Gasteiger partial charge in [-0.2, -0.15) is 0 Å². The molecule has 0 radical (unpaired) electrons. The molecule has 2 heterocycles. The number of halogens is 1. The van der Waals surface area contributed by atoms with Crippen molar-refractivity contribution in [3.63, 3.8) is 0 Å². The molecule has 31 heavy (non-hydrogen) atoms. The first-order chi connectivity index (χ1) is 15.1. The van der Waals surface area contributed by atoms with E-state index >= 15 is 0 Å². The summed E-state index contributed by atoms with van der Waals surface area (Å²) in [4.78, 5) is 19.2. The Balaban J connectivity index is 1.37. The number of nitrogens with zero attached hydrogens (tertiary/aromatic N) is 2. The van der Waals surface area contributed by atoms with E-state index in [1.54, 1.807) is 24.3 Å². The minimum atomic E-state index is -0.281. The predicted molar refractivity (Wildman–Crippen MR) is 118 cm³/mol. The van der Waals surface area contributed by atoms with Crippen molar-refractivity contribution in [2.75, 3.05) is 26.3 Å². The van der Waals surface area contributed by atoms with Crippen LogP contribution in [0.5, 0.6) is 16.7 Å². The summed E-state index contributed by atoms with van der Waals surface area (Å²) in [5.41, 5.74) is 1.31. The second-order valence-electron chi connectivity index (χ2n) is 7.23. The van der Waals surface area contributed by atoms with Crippen LogP contribution in [0, 0.1) is 5.82 Å². The summed E-state index contributed by atoms with van der Waals surface area (Å²) in [5, 5.41) is 0.540. The number of ether oxygens (including phenoxy) is 3. The molecule has 1 amide bonds. The highest BCUT2D eigenvalue weighted by Gasteiger charge is 2.26. The van der Waals surface area contributed by atoms with Crippen molar-refractivity contribution in [1.82, 2.24) is 9.88 Å². The van der Waals surface area contributed by atoms with Crippen molar-refractivity contribution in [3.8, 4) is 16.7 Å². The highest BCUT2D eigenvalue weighted by Crippen LogP contribution is 2.31. The Morgan fingerprint density at radius 2 is 1.84 bits per heavy atom. The molecule has 1 fully saturated rings. The molecule has 0 unspecified atom stereocenters. The lowest BCUT2D eigenvalue weighted by Gasteiger charge is -2.31. The van der Waals surface area contributed by atoms with Gasteiger partial charge in [0.05, 0.1) is 23.4 Å². The second kappa shape index (κ2) is 9.51. The number of carbonyl (C=O) groups excluding carboxylic acids is 1. The fourth-order valence-corrected chi connectivity index (χ4v) is 4.52. The van der Waals surface area contributed by atoms with Gasteiger partial charge in [-0.25, -0.2) is 9.37 Å². The number of thiazole rings is 1. The number of rotatable bonds is 7. The lowest BCUT2D eigenvalue weighted by Crippen LogP contribution is -2.41. The van der Waals surface area contributed by atoms with Crippen molar-refractivity contribution in [3.05, 3.63) is 47.8 Å². The van der Waals surface area contributed by atoms with Gasteiger partial charge in [-0.15, -0.1) is 0 Å². The highest BCUT2D eigenvalue weighted by molar-refractivity contribution is 7.20. The molecule has 1 aliphatic rings. The zero-order valence-corrected chi connectivity index (χ0v) is 18.4. The van der Waals surface area contributed by atoms with Crippen molar-refractivity contribution in [2.45, 2.75) is 32.8 Å². The third kappa shape index (κ3) is 4.90. The Bertz CT molecular complexity index is 1060. The van der Waals surface area contributed by atoms with Crippen LogP contribution in [0.3, 0.4) is 0 Å². The molecule has 1 saturated heterocycles. The second-order valence-corrected chi connectivity index (χ2v) is 8.22. The van der Waals surface area contributed by atoms with Crippen molar-refractivity contribution in [2.24, 2.45) is 0 Å². The van der Waals surface area contributed by atoms with Gasteiger partial charge in [-0.3, -0.25) is 4.79 Å². The summed E-state index contributed by atoms with van der Waals surface area (Å²) >= 11 is 1.34. The van der Waals surface area contributed by atoms with Crippen LogP contribution in [0.25, 0.3) is 10.2 Å². The van der Waals surface area contributed by atoms with Crippen molar-refractivity contribution < 1.29 is 23.4 Å². The zero-order chi connectivity index (χ0) is 21.8. The summed E-state index contributed by atoms with van der Waals surface area (Å²) in [6.07, 6.45) is 1.41. The molecule has 3 aromatic rings. The maximum atomic E-state index is 13.4. The van der Waals surface area contributed by atoms with Crippen LogP contribution >= 0.6 is 11.3 Å². The van der Waals surface area contributed by atoms with Crippen LogP contribution < -0.4 is 14.2 Å². The first-order valence-electron chi connectivity index (χ1n) is 10.5. The van der Waals surface area contributed by atoms with E-state index in [1.165, 1.54) is 23.5 Å². The first kappa shape index (κ1) is 21.4. The topological polar surface area (TPSA) is 60.9 Å². The Morgan fingerprint density at radius 3 is 2.58 bits per heavy atom. The standard InChI is InChI=1S/C23H25FN2O4S/c1-3-28-19-8-5-15(13-20(19)29-4-2)22(27)26-11-9-17(10-12-26)30-23-25-18-7-6-16(24)14-21(18)31-23/h5-8,13-14,17H,3-4,9-12H2,1-2H3. The van der Waals surface area contributed by atoms with E-state index in [1.807, 2.05) is 18.7 Å². The van der Waals surface area contributed by atoms with E-state index in [0.717, 1.165) is 10.2 Å².